The molecule has 16 aromatic rings. The van der Waals surface area contributed by atoms with Crippen LogP contribution in [-0.2, 0) is 0 Å². The Kier molecular flexibility index (Phi) is 12.3. The summed E-state index contributed by atoms with van der Waals surface area (Å²) in [6.07, 6.45) is 7.00. The quantitative estimate of drug-likeness (QED) is 0.126. The molecule has 0 spiro atoms. The molecule has 19 rings (SSSR count). The molecule has 2 heterocycles. The minimum atomic E-state index is 0.131. The van der Waals surface area contributed by atoms with E-state index in [1.807, 2.05) is 11.3 Å². The Morgan fingerprint density at radius 3 is 1.57 bits per heavy atom. The van der Waals surface area contributed by atoms with E-state index in [1.165, 1.54) is 158 Å². The fraction of sp³-hybridized carbons (Fsp3) is 0.124. The van der Waals surface area contributed by atoms with Crippen LogP contribution in [-0.4, -0.2) is 18.0 Å². The van der Waals surface area contributed by atoms with Gasteiger partial charge in [0.25, 0.3) is 0 Å². The van der Waals surface area contributed by atoms with Gasteiger partial charge in [0.1, 0.15) is 0 Å². The second-order valence-corrected chi connectivity index (χ2v) is 27.6. The first-order valence-corrected chi connectivity index (χ1v) is 34.1. The number of anilines is 6. The molecule has 0 radical (unpaired) electrons. The topological polar surface area (TPSA) is 9.72 Å². The number of aryl methyl sites for hydroxylation is 1. The first-order valence-electron chi connectivity index (χ1n) is 33.2. The van der Waals surface area contributed by atoms with E-state index in [4.69, 9.17) is 0 Å². The lowest BCUT2D eigenvalue weighted by Crippen LogP contribution is -2.40. The van der Waals surface area contributed by atoms with Crippen LogP contribution >= 0.6 is 11.3 Å². The van der Waals surface area contributed by atoms with Crippen molar-refractivity contribution in [3.63, 3.8) is 0 Å². The highest BCUT2D eigenvalue weighted by Crippen LogP contribution is 2.61. The van der Waals surface area contributed by atoms with Gasteiger partial charge in [0.05, 0.1) is 21.8 Å². The smallest absolute Gasteiger partial charge is 0.0640 e. The Hall–Kier alpha value is -10.5. The lowest BCUT2D eigenvalue weighted by molar-refractivity contribution is 0.200. The summed E-state index contributed by atoms with van der Waals surface area (Å²) < 4.78 is 2.61. The number of nitrogens with zero attached hydrogens (tertiary/aromatic N) is 3. The second kappa shape index (κ2) is 21.0. The first-order chi connectivity index (χ1) is 45.9. The number of para-hydroxylation sites is 2. The van der Waals surface area contributed by atoms with Gasteiger partial charge in [-0.2, -0.15) is 0 Å². The van der Waals surface area contributed by atoms with E-state index in [9.17, 15) is 0 Å². The molecule has 1 aliphatic heterocycles. The van der Waals surface area contributed by atoms with Gasteiger partial charge >= 0.3 is 0 Å². The number of allylic oxidation sites excluding steroid dienone is 2. The van der Waals surface area contributed by atoms with E-state index in [2.05, 4.69) is 322 Å². The standard InChI is InChI=1S/C89H67N3S/c1-53-21-11-12-26-62(53)63-31-19-34-75(54(63)2)91(60-22-7-5-8-23-60)77-51-43-59-38-46-68-70(48-40-57-41-49-73(77)84(59)83(57)68)87-72-30-15-17-33-76(72)90(4)88(87)81-55(3)64-27-13-14-29-66(64)86(81)69-47-39-56-42-50-74-78(52-44-58-37-45-67(69)82(56)85(58)74)92(61-24-9-6-10-25-61)79-35-20-32-71-65-28-16-18-36-80(65)93-89(71)79/h5-14,16-29,31-52,55,81,86-88H,15,30H2,1-4H3. The molecule has 444 valence electrons. The van der Waals surface area contributed by atoms with Crippen LogP contribution in [0, 0.1) is 19.8 Å². The van der Waals surface area contributed by atoms with Gasteiger partial charge < -0.3 is 14.7 Å². The molecular formula is C89H67N3S. The van der Waals surface area contributed by atoms with Crippen LogP contribution < -0.4 is 9.80 Å². The molecule has 1 aromatic heterocycles. The van der Waals surface area contributed by atoms with E-state index in [0.717, 1.165) is 24.2 Å². The zero-order valence-corrected chi connectivity index (χ0v) is 53.4. The zero-order valence-electron chi connectivity index (χ0n) is 52.6. The molecule has 0 bridgehead atoms. The maximum absolute atomic E-state index is 2.74. The SMILES string of the molecule is Cc1ccccc1-c1cccc(N(c2ccccc2)c2ccc3ccc4c(C5C6=C(C=CCC6)N(C)C5C5C(C)c6ccccc6C5c5ccc6ccc7c(N(c8ccccc8)c8cccc9c8sc8ccccc89)ccc8ccc5c6c87)ccc5ccc2c3c54)c1C. The molecule has 0 N–H and O–H groups in total. The zero-order chi connectivity index (χ0) is 61.7. The summed E-state index contributed by atoms with van der Waals surface area (Å²) in [5, 5.41) is 18.3. The minimum absolute atomic E-state index is 0.131. The maximum Gasteiger partial charge on any atom is 0.0640 e. The average Bonchev–Trinajstić information content (AvgIpc) is 1.70. The Morgan fingerprint density at radius 1 is 0.398 bits per heavy atom. The number of likely N-dealkylation sites (N-methyl/N-ethyl adjacent to an activating group) is 1. The van der Waals surface area contributed by atoms with Crippen molar-refractivity contribution in [2.45, 2.75) is 57.4 Å². The van der Waals surface area contributed by atoms with Gasteiger partial charge in [-0.1, -0.05) is 225 Å². The molecule has 0 saturated carbocycles. The van der Waals surface area contributed by atoms with Gasteiger partial charge in [0.15, 0.2) is 0 Å². The van der Waals surface area contributed by atoms with Crippen LogP contribution in [0.15, 0.2) is 290 Å². The Bertz CT molecular complexity index is 5760. The van der Waals surface area contributed by atoms with Crippen molar-refractivity contribution >= 4 is 130 Å². The van der Waals surface area contributed by atoms with Gasteiger partial charge in [-0.3, -0.25) is 0 Å². The second-order valence-electron chi connectivity index (χ2n) is 26.6. The molecule has 3 aliphatic rings. The average molecular weight is 1210 g/mol. The molecule has 5 unspecified atom stereocenters. The van der Waals surface area contributed by atoms with Crippen molar-refractivity contribution in [2.75, 3.05) is 16.8 Å². The summed E-state index contributed by atoms with van der Waals surface area (Å²) in [6, 6.07) is 102. The number of thiophene rings is 1. The maximum atomic E-state index is 2.74. The highest BCUT2D eigenvalue weighted by atomic mass is 32.1. The molecule has 0 amide bonds. The summed E-state index contributed by atoms with van der Waals surface area (Å²) >= 11 is 1.89. The summed E-state index contributed by atoms with van der Waals surface area (Å²) in [4.78, 5) is 7.79. The van der Waals surface area contributed by atoms with Crippen molar-refractivity contribution in [3.05, 3.63) is 324 Å². The summed E-state index contributed by atoms with van der Waals surface area (Å²) in [5.41, 5.74) is 20.9. The minimum Gasteiger partial charge on any atom is -0.370 e. The van der Waals surface area contributed by atoms with E-state index in [1.54, 1.807) is 5.57 Å². The number of fused-ring (bicyclic) bond motifs is 4. The molecule has 4 heteroatoms. The highest BCUT2D eigenvalue weighted by Gasteiger charge is 2.52. The Balaban J connectivity index is 0.786. The Morgan fingerprint density at radius 2 is 0.903 bits per heavy atom. The number of benzene rings is 15. The van der Waals surface area contributed by atoms with Crippen LogP contribution in [0.1, 0.15) is 70.9 Å². The normalized spacial score (nSPS) is 18.0. The van der Waals surface area contributed by atoms with E-state index < -0.39 is 0 Å². The molecule has 2 aliphatic carbocycles. The number of hydrogen-bond donors (Lipinski definition) is 0. The largest absolute Gasteiger partial charge is 0.370 e. The van der Waals surface area contributed by atoms with Crippen molar-refractivity contribution < 1.29 is 0 Å². The summed E-state index contributed by atoms with van der Waals surface area (Å²) in [5.74, 6) is 0.814. The third-order valence-corrected chi connectivity index (χ3v) is 23.3. The van der Waals surface area contributed by atoms with Crippen LogP contribution in [0.3, 0.4) is 0 Å². The van der Waals surface area contributed by atoms with Crippen LogP contribution in [0.5, 0.6) is 0 Å². The molecule has 0 fully saturated rings. The summed E-state index contributed by atoms with van der Waals surface area (Å²) in [6.45, 7) is 7.08. The lowest BCUT2D eigenvalue weighted by Gasteiger charge is -2.40. The number of hydrogen-bond acceptors (Lipinski definition) is 4. The fourth-order valence-electron chi connectivity index (χ4n) is 18.0. The number of rotatable bonds is 10. The van der Waals surface area contributed by atoms with Gasteiger partial charge in [-0.15, -0.1) is 11.3 Å². The van der Waals surface area contributed by atoms with Crippen molar-refractivity contribution in [1.29, 1.82) is 0 Å². The molecule has 5 atom stereocenters. The van der Waals surface area contributed by atoms with Gasteiger partial charge in [0, 0.05) is 73.9 Å². The predicted molar refractivity (Wildman–Crippen MR) is 397 cm³/mol. The molecule has 15 aromatic carbocycles. The highest BCUT2D eigenvalue weighted by molar-refractivity contribution is 7.26. The van der Waals surface area contributed by atoms with E-state index >= 15 is 0 Å². The predicted octanol–water partition coefficient (Wildman–Crippen LogP) is 24.6. The van der Waals surface area contributed by atoms with Gasteiger partial charge in [-0.25, -0.2) is 0 Å². The molecule has 3 nitrogen and oxygen atoms in total. The van der Waals surface area contributed by atoms with E-state index in [0.29, 0.717) is 0 Å². The van der Waals surface area contributed by atoms with Gasteiger partial charge in [-0.05, 0) is 203 Å². The molecular weight excluding hydrogens is 1140 g/mol. The van der Waals surface area contributed by atoms with Crippen molar-refractivity contribution in [1.82, 2.24) is 4.90 Å². The van der Waals surface area contributed by atoms with Crippen LogP contribution in [0.4, 0.5) is 34.1 Å². The summed E-state index contributed by atoms with van der Waals surface area (Å²) in [7, 11) is 2.43. The van der Waals surface area contributed by atoms with Crippen LogP contribution in [0.2, 0.25) is 0 Å². The first kappa shape index (κ1) is 54.2. The molecule has 93 heavy (non-hydrogen) atoms. The lowest BCUT2D eigenvalue weighted by atomic mass is 9.69. The van der Waals surface area contributed by atoms with Crippen molar-refractivity contribution in [3.8, 4) is 11.1 Å². The Labute approximate surface area is 546 Å². The third-order valence-electron chi connectivity index (χ3n) is 22.0. The monoisotopic (exact) mass is 1210 g/mol. The third kappa shape index (κ3) is 8.01. The van der Waals surface area contributed by atoms with Gasteiger partial charge in [0.2, 0.25) is 0 Å². The van der Waals surface area contributed by atoms with Crippen LogP contribution in [0.25, 0.3) is 95.9 Å². The van der Waals surface area contributed by atoms with Crippen molar-refractivity contribution in [2.24, 2.45) is 5.92 Å². The van der Waals surface area contributed by atoms with E-state index in [-0.39, 0.29) is 29.7 Å². The molecule has 0 saturated heterocycles. The fourth-order valence-corrected chi connectivity index (χ4v) is 19.2.